The average molecular weight is 324 g/mol. The number of rotatable bonds is 6. The van der Waals surface area contributed by atoms with E-state index >= 15 is 0 Å². The van der Waals surface area contributed by atoms with Crippen LogP contribution in [0.3, 0.4) is 0 Å². The lowest BCUT2D eigenvalue weighted by atomic mass is 9.93. The summed E-state index contributed by atoms with van der Waals surface area (Å²) in [7, 11) is 3.42. The second-order valence-electron chi connectivity index (χ2n) is 6.02. The van der Waals surface area contributed by atoms with Gasteiger partial charge in [-0.2, -0.15) is 0 Å². The van der Waals surface area contributed by atoms with Crippen LogP contribution < -0.4 is 5.32 Å². The fraction of sp³-hybridized carbons (Fsp3) is 0.300. The molecule has 1 N–H and O–H groups in total. The van der Waals surface area contributed by atoms with Gasteiger partial charge in [0.15, 0.2) is 0 Å². The van der Waals surface area contributed by atoms with E-state index in [1.165, 1.54) is 4.90 Å². The molecule has 0 spiro atoms. The molecule has 1 unspecified atom stereocenters. The van der Waals surface area contributed by atoms with E-state index in [0.717, 1.165) is 18.4 Å². The van der Waals surface area contributed by atoms with Gasteiger partial charge < -0.3 is 10.2 Å². The van der Waals surface area contributed by atoms with Crippen LogP contribution in [0.1, 0.15) is 41.6 Å². The van der Waals surface area contributed by atoms with Crippen molar-refractivity contribution in [3.63, 3.8) is 0 Å². The van der Waals surface area contributed by atoms with Crippen LogP contribution in [-0.2, 0) is 4.79 Å². The van der Waals surface area contributed by atoms with Crippen molar-refractivity contribution < 1.29 is 9.59 Å². The van der Waals surface area contributed by atoms with E-state index in [9.17, 15) is 9.59 Å². The van der Waals surface area contributed by atoms with E-state index in [1.54, 1.807) is 38.4 Å². The molecule has 0 heterocycles. The third-order valence-corrected chi connectivity index (χ3v) is 3.88. The zero-order valence-electron chi connectivity index (χ0n) is 14.5. The number of hydrogen-bond acceptors (Lipinski definition) is 2. The van der Waals surface area contributed by atoms with E-state index in [4.69, 9.17) is 0 Å². The summed E-state index contributed by atoms with van der Waals surface area (Å²) in [6.07, 6.45) is 1.71. The number of amides is 2. The SMILES string of the molecule is CCCC(C(=O)Nc1cccc(C(=O)N(C)C)c1)c1ccccc1. The largest absolute Gasteiger partial charge is 0.345 e. The van der Waals surface area contributed by atoms with Crippen LogP contribution in [0.5, 0.6) is 0 Å². The Hall–Kier alpha value is -2.62. The van der Waals surface area contributed by atoms with E-state index in [-0.39, 0.29) is 17.7 Å². The summed E-state index contributed by atoms with van der Waals surface area (Å²) in [6, 6.07) is 16.8. The molecule has 1 atom stereocenters. The van der Waals surface area contributed by atoms with E-state index in [2.05, 4.69) is 12.2 Å². The van der Waals surface area contributed by atoms with Crippen molar-refractivity contribution >= 4 is 17.5 Å². The van der Waals surface area contributed by atoms with Crippen molar-refractivity contribution in [2.75, 3.05) is 19.4 Å². The zero-order valence-corrected chi connectivity index (χ0v) is 14.5. The van der Waals surface area contributed by atoms with Gasteiger partial charge in [-0.05, 0) is 30.2 Å². The number of carbonyl (C=O) groups excluding carboxylic acids is 2. The fourth-order valence-corrected chi connectivity index (χ4v) is 2.64. The van der Waals surface area contributed by atoms with Crippen molar-refractivity contribution in [1.82, 2.24) is 4.90 Å². The number of hydrogen-bond donors (Lipinski definition) is 1. The Morgan fingerprint density at radius 2 is 1.75 bits per heavy atom. The Balaban J connectivity index is 2.18. The summed E-state index contributed by atoms with van der Waals surface area (Å²) < 4.78 is 0. The zero-order chi connectivity index (χ0) is 17.5. The van der Waals surface area contributed by atoms with Gasteiger partial charge in [0.05, 0.1) is 5.92 Å². The second kappa shape index (κ2) is 8.29. The first-order valence-corrected chi connectivity index (χ1v) is 8.20. The van der Waals surface area contributed by atoms with Crippen LogP contribution in [0.25, 0.3) is 0 Å². The summed E-state index contributed by atoms with van der Waals surface area (Å²) in [6.45, 7) is 2.07. The molecule has 126 valence electrons. The van der Waals surface area contributed by atoms with Crippen molar-refractivity contribution in [1.29, 1.82) is 0 Å². The third kappa shape index (κ3) is 4.44. The highest BCUT2D eigenvalue weighted by atomic mass is 16.2. The average Bonchev–Trinajstić information content (AvgIpc) is 2.59. The molecular weight excluding hydrogens is 300 g/mol. The normalized spacial score (nSPS) is 11.6. The van der Waals surface area contributed by atoms with Gasteiger partial charge in [0.2, 0.25) is 5.91 Å². The number of nitrogens with zero attached hydrogens (tertiary/aromatic N) is 1. The molecule has 24 heavy (non-hydrogen) atoms. The first-order chi connectivity index (χ1) is 11.5. The maximum Gasteiger partial charge on any atom is 0.253 e. The summed E-state index contributed by atoms with van der Waals surface area (Å²) >= 11 is 0. The molecule has 2 aromatic rings. The monoisotopic (exact) mass is 324 g/mol. The van der Waals surface area contributed by atoms with Crippen molar-refractivity contribution in [3.05, 3.63) is 65.7 Å². The fourth-order valence-electron chi connectivity index (χ4n) is 2.64. The molecule has 0 fully saturated rings. The van der Waals surface area contributed by atoms with E-state index in [0.29, 0.717) is 11.3 Å². The molecule has 0 aliphatic carbocycles. The van der Waals surface area contributed by atoms with Crippen LogP contribution in [0.4, 0.5) is 5.69 Å². The van der Waals surface area contributed by atoms with Crippen LogP contribution in [0, 0.1) is 0 Å². The molecular formula is C20H24N2O2. The van der Waals surface area contributed by atoms with E-state index in [1.807, 2.05) is 30.3 Å². The summed E-state index contributed by atoms with van der Waals surface area (Å²) in [5, 5.41) is 2.95. The van der Waals surface area contributed by atoms with Gasteiger partial charge in [0.25, 0.3) is 5.91 Å². The number of nitrogens with one attached hydrogen (secondary N) is 1. The highest BCUT2D eigenvalue weighted by molar-refractivity contribution is 5.98. The highest BCUT2D eigenvalue weighted by Gasteiger charge is 2.20. The van der Waals surface area contributed by atoms with Gasteiger partial charge in [0, 0.05) is 25.3 Å². The predicted octanol–water partition coefficient (Wildman–Crippen LogP) is 3.91. The molecule has 0 aromatic heterocycles. The van der Waals surface area contributed by atoms with Crippen molar-refractivity contribution in [2.45, 2.75) is 25.7 Å². The standard InChI is InChI=1S/C20H24N2O2/c1-4-9-18(15-10-6-5-7-11-15)19(23)21-17-13-8-12-16(14-17)20(24)22(2)3/h5-8,10-14,18H,4,9H2,1-3H3,(H,21,23). The molecule has 0 bridgehead atoms. The van der Waals surface area contributed by atoms with Gasteiger partial charge in [-0.15, -0.1) is 0 Å². The van der Waals surface area contributed by atoms with E-state index < -0.39 is 0 Å². The molecule has 0 aliphatic heterocycles. The predicted molar refractivity (Wildman–Crippen MR) is 97.2 cm³/mol. The Morgan fingerprint density at radius 1 is 1.04 bits per heavy atom. The van der Waals surface area contributed by atoms with Gasteiger partial charge >= 0.3 is 0 Å². The lowest BCUT2D eigenvalue weighted by Gasteiger charge is -2.17. The van der Waals surface area contributed by atoms with Crippen LogP contribution >= 0.6 is 0 Å². The minimum Gasteiger partial charge on any atom is -0.345 e. The Bertz CT molecular complexity index is 696. The number of carbonyl (C=O) groups is 2. The van der Waals surface area contributed by atoms with Gasteiger partial charge in [0.1, 0.15) is 0 Å². The third-order valence-electron chi connectivity index (χ3n) is 3.88. The van der Waals surface area contributed by atoms with Crippen LogP contribution in [0.2, 0.25) is 0 Å². The lowest BCUT2D eigenvalue weighted by molar-refractivity contribution is -0.117. The first kappa shape index (κ1) is 17.7. The molecule has 0 saturated heterocycles. The van der Waals surface area contributed by atoms with Gasteiger partial charge in [-0.1, -0.05) is 49.7 Å². The smallest absolute Gasteiger partial charge is 0.253 e. The maximum absolute atomic E-state index is 12.7. The molecule has 4 heteroatoms. The minimum atomic E-state index is -0.190. The molecule has 4 nitrogen and oxygen atoms in total. The van der Waals surface area contributed by atoms with Gasteiger partial charge in [-0.25, -0.2) is 0 Å². The summed E-state index contributed by atoms with van der Waals surface area (Å²) in [4.78, 5) is 26.3. The Morgan fingerprint density at radius 3 is 2.38 bits per heavy atom. The minimum absolute atomic E-state index is 0.0440. The van der Waals surface area contributed by atoms with Crippen LogP contribution in [0.15, 0.2) is 54.6 Å². The molecule has 2 rings (SSSR count). The first-order valence-electron chi connectivity index (χ1n) is 8.20. The van der Waals surface area contributed by atoms with Crippen molar-refractivity contribution in [2.24, 2.45) is 0 Å². The quantitative estimate of drug-likeness (QED) is 0.876. The molecule has 2 aromatic carbocycles. The molecule has 0 aliphatic rings. The van der Waals surface area contributed by atoms with Crippen molar-refractivity contribution in [3.8, 4) is 0 Å². The second-order valence-corrected chi connectivity index (χ2v) is 6.02. The number of benzene rings is 2. The summed E-state index contributed by atoms with van der Waals surface area (Å²) in [5.74, 6) is -0.318. The van der Waals surface area contributed by atoms with Gasteiger partial charge in [-0.3, -0.25) is 9.59 Å². The summed E-state index contributed by atoms with van der Waals surface area (Å²) in [5.41, 5.74) is 2.21. The highest BCUT2D eigenvalue weighted by Crippen LogP contribution is 2.23. The lowest BCUT2D eigenvalue weighted by Crippen LogP contribution is -2.23. The Labute approximate surface area is 143 Å². The molecule has 2 amide bonds. The Kier molecular flexibility index (Phi) is 6.13. The maximum atomic E-state index is 12.7. The van der Waals surface area contributed by atoms with Crippen LogP contribution in [-0.4, -0.2) is 30.8 Å². The topological polar surface area (TPSA) is 49.4 Å². The molecule has 0 saturated carbocycles. The number of anilines is 1. The molecule has 0 radical (unpaired) electrons.